The Kier molecular flexibility index (Phi) is 5.66. The zero-order valence-electron chi connectivity index (χ0n) is 12.9. The second-order valence-corrected chi connectivity index (χ2v) is 10.1. The smallest absolute Gasteiger partial charge is 0.334 e. The monoisotopic (exact) mass is 282 g/mol. The highest BCUT2D eigenvalue weighted by Gasteiger charge is 2.34. The van der Waals surface area contributed by atoms with E-state index in [-0.39, 0.29) is 0 Å². The first-order chi connectivity index (χ1) is 9.17. The van der Waals surface area contributed by atoms with Crippen LogP contribution >= 0.6 is 0 Å². The maximum absolute atomic E-state index is 5.52. The molecular weight excluding hydrogens is 252 g/mol. The minimum Gasteiger partial charge on any atom is -0.398 e. The van der Waals surface area contributed by atoms with Crippen LogP contribution in [-0.2, 0) is 8.85 Å². The van der Waals surface area contributed by atoms with Gasteiger partial charge in [-0.1, -0.05) is 37.8 Å². The predicted molar refractivity (Wildman–Crippen MR) is 82.4 cm³/mol. The molecule has 2 rings (SSSR count). The van der Waals surface area contributed by atoms with E-state index in [1.54, 1.807) is 14.2 Å². The van der Waals surface area contributed by atoms with Crippen molar-refractivity contribution in [3.8, 4) is 0 Å². The molecule has 0 aromatic carbocycles. The van der Waals surface area contributed by atoms with Crippen LogP contribution in [0.2, 0.25) is 12.6 Å². The molecular formula is C16H30O2Si. The molecule has 0 N–H and O–H groups in total. The molecule has 0 aromatic heterocycles. The number of hydrogen-bond acceptors (Lipinski definition) is 2. The first kappa shape index (κ1) is 15.3. The molecule has 0 spiro atoms. The standard InChI is InChI=1S/C16H30O2Si/c1-17-19(3,18-2)11-7-5-4-6-8-15-12-14-9-10-16(15)13-14/h9-10,14-16H,4-8,11-13H2,1-3H3. The fourth-order valence-corrected chi connectivity index (χ4v) is 5.19. The fourth-order valence-electron chi connectivity index (χ4n) is 3.72. The minimum absolute atomic E-state index is 0.933. The van der Waals surface area contributed by atoms with E-state index in [4.69, 9.17) is 8.85 Å². The highest BCUT2D eigenvalue weighted by molar-refractivity contribution is 6.65. The number of rotatable bonds is 9. The molecule has 2 nitrogen and oxygen atoms in total. The minimum atomic E-state index is -1.80. The third-order valence-corrected chi connectivity index (χ3v) is 8.22. The lowest BCUT2D eigenvalue weighted by molar-refractivity contribution is 0.248. The second kappa shape index (κ2) is 7.05. The van der Waals surface area contributed by atoms with E-state index < -0.39 is 8.56 Å². The Hall–Kier alpha value is -0.123. The summed E-state index contributed by atoms with van der Waals surface area (Å²) in [5.74, 6) is 2.88. The number of hydrogen-bond donors (Lipinski definition) is 0. The van der Waals surface area contributed by atoms with Gasteiger partial charge in [0.1, 0.15) is 0 Å². The van der Waals surface area contributed by atoms with Crippen molar-refractivity contribution in [2.45, 2.75) is 57.5 Å². The van der Waals surface area contributed by atoms with Crippen molar-refractivity contribution in [3.63, 3.8) is 0 Å². The van der Waals surface area contributed by atoms with Crippen LogP contribution in [0.5, 0.6) is 0 Å². The molecule has 0 aromatic rings. The van der Waals surface area contributed by atoms with Crippen LogP contribution in [-0.4, -0.2) is 22.8 Å². The molecule has 0 heterocycles. The van der Waals surface area contributed by atoms with Crippen LogP contribution in [0, 0.1) is 17.8 Å². The molecule has 110 valence electrons. The normalized spacial score (nSPS) is 29.3. The van der Waals surface area contributed by atoms with Gasteiger partial charge in [-0.25, -0.2) is 0 Å². The number of allylic oxidation sites excluding steroid dienone is 2. The lowest BCUT2D eigenvalue weighted by atomic mass is 9.88. The zero-order chi connectivity index (χ0) is 13.7. The van der Waals surface area contributed by atoms with E-state index in [0.717, 1.165) is 23.8 Å². The molecule has 3 atom stereocenters. The maximum Gasteiger partial charge on any atom is 0.334 e. The van der Waals surface area contributed by atoms with Gasteiger partial charge < -0.3 is 8.85 Å². The van der Waals surface area contributed by atoms with Crippen molar-refractivity contribution < 1.29 is 8.85 Å². The largest absolute Gasteiger partial charge is 0.398 e. The zero-order valence-corrected chi connectivity index (χ0v) is 13.9. The van der Waals surface area contributed by atoms with Gasteiger partial charge >= 0.3 is 8.56 Å². The van der Waals surface area contributed by atoms with Gasteiger partial charge in [0, 0.05) is 14.2 Å². The molecule has 0 aliphatic heterocycles. The highest BCUT2D eigenvalue weighted by atomic mass is 28.4. The molecule has 0 radical (unpaired) electrons. The average molecular weight is 282 g/mol. The van der Waals surface area contributed by atoms with Crippen LogP contribution in [0.4, 0.5) is 0 Å². The summed E-state index contributed by atoms with van der Waals surface area (Å²) in [6.07, 6.45) is 14.7. The van der Waals surface area contributed by atoms with Gasteiger partial charge in [0.15, 0.2) is 0 Å². The molecule has 2 aliphatic carbocycles. The van der Waals surface area contributed by atoms with Crippen molar-refractivity contribution in [1.29, 1.82) is 0 Å². The highest BCUT2D eigenvalue weighted by Crippen LogP contribution is 2.45. The first-order valence-corrected chi connectivity index (χ1v) is 10.5. The Morgan fingerprint density at radius 2 is 1.74 bits per heavy atom. The quantitative estimate of drug-likeness (QED) is 0.352. The average Bonchev–Trinajstić information content (AvgIpc) is 3.04. The molecule has 3 unspecified atom stereocenters. The van der Waals surface area contributed by atoms with Crippen LogP contribution in [0.25, 0.3) is 0 Å². The molecule has 2 bridgehead atoms. The lowest BCUT2D eigenvalue weighted by Crippen LogP contribution is -2.35. The van der Waals surface area contributed by atoms with E-state index in [1.807, 2.05) is 0 Å². The summed E-state index contributed by atoms with van der Waals surface area (Å²) in [5, 5.41) is 0. The van der Waals surface area contributed by atoms with E-state index >= 15 is 0 Å². The molecule has 0 amide bonds. The first-order valence-electron chi connectivity index (χ1n) is 7.95. The van der Waals surface area contributed by atoms with Gasteiger partial charge in [-0.2, -0.15) is 0 Å². The van der Waals surface area contributed by atoms with Crippen molar-refractivity contribution in [2.24, 2.45) is 17.8 Å². The third-order valence-electron chi connectivity index (χ3n) is 5.24. The van der Waals surface area contributed by atoms with Crippen molar-refractivity contribution in [2.75, 3.05) is 14.2 Å². The number of fused-ring (bicyclic) bond motifs is 2. The van der Waals surface area contributed by atoms with Gasteiger partial charge in [-0.05, 0) is 49.6 Å². The second-order valence-electron chi connectivity index (χ2n) is 6.54. The fraction of sp³-hybridized carbons (Fsp3) is 0.875. The van der Waals surface area contributed by atoms with E-state index in [2.05, 4.69) is 18.7 Å². The summed E-state index contributed by atoms with van der Waals surface area (Å²) >= 11 is 0. The topological polar surface area (TPSA) is 18.5 Å². The van der Waals surface area contributed by atoms with Gasteiger partial charge in [-0.15, -0.1) is 0 Å². The van der Waals surface area contributed by atoms with E-state index in [1.165, 1.54) is 44.9 Å². The summed E-state index contributed by atoms with van der Waals surface area (Å²) in [4.78, 5) is 0. The Morgan fingerprint density at radius 1 is 1.00 bits per heavy atom. The Bertz CT molecular complexity index is 299. The molecule has 19 heavy (non-hydrogen) atoms. The van der Waals surface area contributed by atoms with Gasteiger partial charge in [0.05, 0.1) is 0 Å². The van der Waals surface area contributed by atoms with Crippen molar-refractivity contribution >= 4 is 8.56 Å². The van der Waals surface area contributed by atoms with Gasteiger partial charge in [0.25, 0.3) is 0 Å². The number of unbranched alkanes of at least 4 members (excludes halogenated alkanes) is 3. The summed E-state index contributed by atoms with van der Waals surface area (Å²) in [7, 11) is 1.78. The molecule has 0 saturated heterocycles. The Balaban J connectivity index is 1.50. The molecule has 2 aliphatic rings. The van der Waals surface area contributed by atoms with Crippen LogP contribution in [0.3, 0.4) is 0 Å². The van der Waals surface area contributed by atoms with E-state index in [0.29, 0.717) is 0 Å². The van der Waals surface area contributed by atoms with Crippen molar-refractivity contribution in [3.05, 3.63) is 12.2 Å². The summed E-state index contributed by atoms with van der Waals surface area (Å²) in [6, 6.07) is 1.14. The third kappa shape index (κ3) is 4.17. The van der Waals surface area contributed by atoms with Crippen LogP contribution in [0.15, 0.2) is 12.2 Å². The van der Waals surface area contributed by atoms with Gasteiger partial charge in [-0.3, -0.25) is 0 Å². The summed E-state index contributed by atoms with van der Waals surface area (Å²) < 4.78 is 11.0. The SMILES string of the molecule is CO[Si](C)(CCCCCCC1CC2C=CC1C2)OC. The van der Waals surface area contributed by atoms with Crippen molar-refractivity contribution in [1.82, 2.24) is 0 Å². The maximum atomic E-state index is 5.52. The van der Waals surface area contributed by atoms with Gasteiger partial charge in [0.2, 0.25) is 0 Å². The molecule has 1 saturated carbocycles. The Labute approximate surface area is 119 Å². The van der Waals surface area contributed by atoms with Crippen LogP contribution < -0.4 is 0 Å². The summed E-state index contributed by atoms with van der Waals surface area (Å²) in [5.41, 5.74) is 0. The lowest BCUT2D eigenvalue weighted by Gasteiger charge is -2.22. The van der Waals surface area contributed by atoms with E-state index in [9.17, 15) is 0 Å². The molecule has 1 fully saturated rings. The van der Waals surface area contributed by atoms with Crippen LogP contribution in [0.1, 0.15) is 44.9 Å². The molecule has 3 heteroatoms. The Morgan fingerprint density at radius 3 is 2.32 bits per heavy atom. The predicted octanol–water partition coefficient (Wildman–Crippen LogP) is 4.51. The summed E-state index contributed by atoms with van der Waals surface area (Å²) in [6.45, 7) is 2.16.